The molecule has 4 heteroatoms. The minimum absolute atomic E-state index is 0.00246. The maximum Gasteiger partial charge on any atom is 0.281 e. The van der Waals surface area contributed by atoms with Crippen molar-refractivity contribution in [1.82, 2.24) is 4.90 Å². The molecule has 3 nitrogen and oxygen atoms in total. The van der Waals surface area contributed by atoms with E-state index in [0.29, 0.717) is 12.3 Å². The van der Waals surface area contributed by atoms with Crippen LogP contribution in [0.4, 0.5) is 4.39 Å². The van der Waals surface area contributed by atoms with Gasteiger partial charge in [-0.15, -0.1) is 0 Å². The van der Waals surface area contributed by atoms with Crippen LogP contribution in [0.3, 0.4) is 0 Å². The van der Waals surface area contributed by atoms with Gasteiger partial charge < -0.3 is 4.90 Å². The normalized spacial score (nSPS) is 16.2. The molecule has 0 N–H and O–H groups in total. The van der Waals surface area contributed by atoms with Crippen molar-refractivity contribution in [3.63, 3.8) is 0 Å². The van der Waals surface area contributed by atoms with Crippen LogP contribution in [-0.4, -0.2) is 23.7 Å². The van der Waals surface area contributed by atoms with Crippen molar-refractivity contribution in [3.05, 3.63) is 77.2 Å². The fraction of sp³-hybridized carbons (Fsp3) is 0.238. The number of amidine groups is 1. The molecule has 0 aliphatic carbocycles. The summed E-state index contributed by atoms with van der Waals surface area (Å²) < 4.78 is 13.8. The maximum absolute atomic E-state index is 13.8. The Kier molecular flexibility index (Phi) is 4.79. The van der Waals surface area contributed by atoms with Gasteiger partial charge in [0.2, 0.25) is 0 Å². The highest BCUT2D eigenvalue weighted by Gasteiger charge is 2.29. The molecule has 1 amide bonds. The minimum Gasteiger partial charge on any atom is -0.336 e. The molecule has 0 atom stereocenters. The molecule has 0 aromatic heterocycles. The molecule has 1 aliphatic rings. The Morgan fingerprint density at radius 1 is 1.08 bits per heavy atom. The Morgan fingerprint density at radius 2 is 1.72 bits per heavy atom. The highest BCUT2D eigenvalue weighted by atomic mass is 19.1. The van der Waals surface area contributed by atoms with E-state index in [9.17, 15) is 9.18 Å². The van der Waals surface area contributed by atoms with E-state index in [4.69, 9.17) is 0 Å². The number of allylic oxidation sites excluding steroid dienone is 1. The van der Waals surface area contributed by atoms with Gasteiger partial charge >= 0.3 is 0 Å². The van der Waals surface area contributed by atoms with Crippen LogP contribution in [0, 0.1) is 11.7 Å². The van der Waals surface area contributed by atoms with Crippen molar-refractivity contribution in [1.29, 1.82) is 0 Å². The average molecular weight is 336 g/mol. The summed E-state index contributed by atoms with van der Waals surface area (Å²) in [5.74, 6) is -0.150. The predicted molar refractivity (Wildman–Crippen MR) is 98.7 cm³/mol. The number of benzene rings is 2. The van der Waals surface area contributed by atoms with Gasteiger partial charge in [0.1, 0.15) is 11.7 Å². The lowest BCUT2D eigenvalue weighted by atomic mass is 9.98. The summed E-state index contributed by atoms with van der Waals surface area (Å²) in [7, 11) is 1.92. The number of halogens is 1. The van der Waals surface area contributed by atoms with Gasteiger partial charge in [0.15, 0.2) is 0 Å². The summed E-state index contributed by atoms with van der Waals surface area (Å²) >= 11 is 0. The molecular formula is C21H21FN2O. The van der Waals surface area contributed by atoms with E-state index in [1.165, 1.54) is 12.1 Å². The number of hydrogen-bond donors (Lipinski definition) is 0. The second kappa shape index (κ2) is 7.01. The second-order valence-corrected chi connectivity index (χ2v) is 6.43. The molecule has 0 spiro atoms. The van der Waals surface area contributed by atoms with Gasteiger partial charge in [0.05, 0.1) is 5.56 Å². The van der Waals surface area contributed by atoms with E-state index in [1.807, 2.05) is 30.1 Å². The monoisotopic (exact) mass is 336 g/mol. The number of amides is 1. The van der Waals surface area contributed by atoms with E-state index in [2.05, 4.69) is 31.0 Å². The number of carbonyl (C=O) groups is 1. The third-order valence-corrected chi connectivity index (χ3v) is 4.40. The van der Waals surface area contributed by atoms with E-state index >= 15 is 0 Å². The first-order valence-electron chi connectivity index (χ1n) is 8.37. The molecule has 0 saturated carbocycles. The van der Waals surface area contributed by atoms with Crippen LogP contribution in [-0.2, 0) is 0 Å². The fourth-order valence-electron chi connectivity index (χ4n) is 3.26. The van der Waals surface area contributed by atoms with E-state index in [1.54, 1.807) is 12.1 Å². The molecule has 0 bridgehead atoms. The number of rotatable bonds is 3. The van der Waals surface area contributed by atoms with E-state index < -0.39 is 11.7 Å². The van der Waals surface area contributed by atoms with Gasteiger partial charge in [-0.3, -0.25) is 4.79 Å². The van der Waals surface area contributed by atoms with Crippen LogP contribution in [0.15, 0.2) is 65.3 Å². The Balaban J connectivity index is 1.96. The molecule has 0 unspecified atom stereocenters. The zero-order valence-electron chi connectivity index (χ0n) is 14.7. The molecule has 2 aromatic rings. The van der Waals surface area contributed by atoms with Crippen LogP contribution in [0.25, 0.3) is 5.57 Å². The van der Waals surface area contributed by atoms with Gasteiger partial charge in [-0.1, -0.05) is 56.3 Å². The first kappa shape index (κ1) is 17.1. The maximum atomic E-state index is 13.8. The fourth-order valence-corrected chi connectivity index (χ4v) is 3.26. The standard InChI is InChI=1S/C21H21FN2O/c1-14(2)20-17(15-9-5-4-6-10-15)13-19(24(20)3)23-21(25)16-11-7-8-12-18(16)22/h4-12,14H,13H2,1-3H3. The third kappa shape index (κ3) is 3.38. The summed E-state index contributed by atoms with van der Waals surface area (Å²) in [5.41, 5.74) is 3.44. The van der Waals surface area contributed by atoms with Crippen LogP contribution in [0.1, 0.15) is 36.2 Å². The van der Waals surface area contributed by atoms with Crippen LogP contribution < -0.4 is 0 Å². The van der Waals surface area contributed by atoms with Crippen molar-refractivity contribution >= 4 is 17.3 Å². The van der Waals surface area contributed by atoms with Gasteiger partial charge in [-0.05, 0) is 29.2 Å². The molecule has 0 saturated heterocycles. The number of carbonyl (C=O) groups excluding carboxylic acids is 1. The number of nitrogens with zero attached hydrogens (tertiary/aromatic N) is 2. The Hall–Kier alpha value is -2.75. The highest BCUT2D eigenvalue weighted by molar-refractivity contribution is 6.08. The first-order valence-corrected chi connectivity index (χ1v) is 8.37. The molecule has 1 heterocycles. The van der Waals surface area contributed by atoms with Gasteiger partial charge in [0, 0.05) is 19.2 Å². The topological polar surface area (TPSA) is 32.7 Å². The van der Waals surface area contributed by atoms with Crippen molar-refractivity contribution in [2.45, 2.75) is 20.3 Å². The molecule has 0 radical (unpaired) electrons. The predicted octanol–water partition coefficient (Wildman–Crippen LogP) is 4.77. The summed E-state index contributed by atoms with van der Waals surface area (Å²) in [6.45, 7) is 4.24. The van der Waals surface area contributed by atoms with Crippen molar-refractivity contribution in [2.75, 3.05) is 7.05 Å². The highest BCUT2D eigenvalue weighted by Crippen LogP contribution is 2.35. The van der Waals surface area contributed by atoms with Crippen LogP contribution >= 0.6 is 0 Å². The lowest BCUT2D eigenvalue weighted by molar-refractivity contribution is 0.0998. The summed E-state index contributed by atoms with van der Waals surface area (Å²) in [6.07, 6.45) is 0.564. The molecule has 2 aromatic carbocycles. The van der Waals surface area contributed by atoms with Gasteiger partial charge in [0.25, 0.3) is 5.91 Å². The third-order valence-electron chi connectivity index (χ3n) is 4.40. The van der Waals surface area contributed by atoms with E-state index in [-0.39, 0.29) is 11.5 Å². The smallest absolute Gasteiger partial charge is 0.281 e. The number of aliphatic imine (C=N–C) groups is 1. The van der Waals surface area contributed by atoms with Crippen molar-refractivity contribution in [2.24, 2.45) is 10.9 Å². The Labute approximate surface area is 147 Å². The quantitative estimate of drug-likeness (QED) is 0.809. The Morgan fingerprint density at radius 3 is 2.36 bits per heavy atom. The molecule has 25 heavy (non-hydrogen) atoms. The first-order chi connectivity index (χ1) is 12.0. The summed E-state index contributed by atoms with van der Waals surface area (Å²) in [5, 5.41) is 0. The minimum atomic E-state index is -0.544. The van der Waals surface area contributed by atoms with E-state index in [0.717, 1.165) is 16.8 Å². The average Bonchev–Trinajstić information content (AvgIpc) is 2.92. The molecule has 1 aliphatic heterocycles. The lowest BCUT2D eigenvalue weighted by Crippen LogP contribution is -2.24. The SMILES string of the molecule is CC(C)C1=C(c2ccccc2)CC(=NC(=O)c2ccccc2F)N1C. The second-order valence-electron chi connectivity index (χ2n) is 6.43. The van der Waals surface area contributed by atoms with Crippen molar-refractivity contribution in [3.8, 4) is 0 Å². The molecule has 128 valence electrons. The van der Waals surface area contributed by atoms with Crippen LogP contribution in [0.5, 0.6) is 0 Å². The Bertz CT molecular complexity index is 853. The zero-order valence-corrected chi connectivity index (χ0v) is 14.7. The zero-order chi connectivity index (χ0) is 18.0. The largest absolute Gasteiger partial charge is 0.336 e. The summed E-state index contributed by atoms with van der Waals surface area (Å²) in [6, 6.07) is 16.0. The molecular weight excluding hydrogens is 315 g/mol. The number of hydrogen-bond acceptors (Lipinski definition) is 1. The summed E-state index contributed by atoms with van der Waals surface area (Å²) in [4.78, 5) is 18.6. The lowest BCUT2D eigenvalue weighted by Gasteiger charge is -2.21. The van der Waals surface area contributed by atoms with Gasteiger partial charge in [-0.25, -0.2) is 4.39 Å². The van der Waals surface area contributed by atoms with Crippen molar-refractivity contribution < 1.29 is 9.18 Å². The molecule has 0 fully saturated rings. The molecule has 3 rings (SSSR count). The van der Waals surface area contributed by atoms with Crippen LogP contribution in [0.2, 0.25) is 0 Å². The van der Waals surface area contributed by atoms with Gasteiger partial charge in [-0.2, -0.15) is 4.99 Å².